The van der Waals surface area contributed by atoms with Crippen LogP contribution < -0.4 is 0 Å². The average Bonchev–Trinajstić information content (AvgIpc) is 2.79. The summed E-state index contributed by atoms with van der Waals surface area (Å²) in [7, 11) is 0. The first-order chi connectivity index (χ1) is 8.06. The van der Waals surface area contributed by atoms with Gasteiger partial charge in [-0.3, -0.25) is 4.79 Å². The van der Waals surface area contributed by atoms with Crippen molar-refractivity contribution in [1.82, 2.24) is 0 Å². The van der Waals surface area contributed by atoms with Crippen molar-refractivity contribution < 1.29 is 14.3 Å². The van der Waals surface area contributed by atoms with E-state index >= 15 is 0 Å². The maximum Gasteiger partial charge on any atom is 0.314 e. The highest BCUT2D eigenvalue weighted by atomic mass is 19.1. The van der Waals surface area contributed by atoms with Gasteiger partial charge in [0.2, 0.25) is 0 Å². The molecule has 0 radical (unpaired) electrons. The van der Waals surface area contributed by atoms with Crippen LogP contribution in [0.4, 0.5) is 4.39 Å². The van der Waals surface area contributed by atoms with Gasteiger partial charge in [0, 0.05) is 0 Å². The standard InChI is InChI=1S/C14H17FO2/c1-10(15)11-5-4-6-12(9-11)14(13(16)17)7-2-3-8-14/h4-6,9-10H,2-3,7-8H2,1H3,(H,16,17). The molecule has 0 spiro atoms. The van der Waals surface area contributed by atoms with E-state index in [1.807, 2.05) is 6.07 Å². The predicted molar refractivity (Wildman–Crippen MR) is 63.7 cm³/mol. The van der Waals surface area contributed by atoms with Crippen LogP contribution in [0.15, 0.2) is 24.3 Å². The van der Waals surface area contributed by atoms with Crippen LogP contribution in [0.5, 0.6) is 0 Å². The van der Waals surface area contributed by atoms with Gasteiger partial charge < -0.3 is 5.11 Å². The normalized spacial score (nSPS) is 20.1. The minimum Gasteiger partial charge on any atom is -0.481 e. The van der Waals surface area contributed by atoms with Gasteiger partial charge >= 0.3 is 5.97 Å². The molecule has 3 heteroatoms. The zero-order valence-corrected chi connectivity index (χ0v) is 9.95. The Morgan fingerprint density at radius 1 is 1.41 bits per heavy atom. The van der Waals surface area contributed by atoms with Crippen LogP contribution in [0, 0.1) is 0 Å². The second-order valence-corrected chi connectivity index (χ2v) is 4.84. The lowest BCUT2D eigenvalue weighted by Crippen LogP contribution is -2.32. The lowest BCUT2D eigenvalue weighted by Gasteiger charge is -2.25. The lowest BCUT2D eigenvalue weighted by molar-refractivity contribution is -0.143. The first kappa shape index (κ1) is 12.1. The van der Waals surface area contributed by atoms with Gasteiger partial charge in [-0.15, -0.1) is 0 Å². The summed E-state index contributed by atoms with van der Waals surface area (Å²) < 4.78 is 13.3. The molecule has 1 aromatic carbocycles. The topological polar surface area (TPSA) is 37.3 Å². The number of hydrogen-bond donors (Lipinski definition) is 1. The van der Waals surface area contributed by atoms with Crippen LogP contribution in [-0.2, 0) is 10.2 Å². The first-order valence-corrected chi connectivity index (χ1v) is 6.04. The second kappa shape index (κ2) is 4.47. The molecule has 92 valence electrons. The number of carboxylic acids is 1. The summed E-state index contributed by atoms with van der Waals surface area (Å²) in [5, 5.41) is 9.45. The summed E-state index contributed by atoms with van der Waals surface area (Å²) in [5.74, 6) is -0.779. The van der Waals surface area contributed by atoms with E-state index in [9.17, 15) is 14.3 Å². The van der Waals surface area contributed by atoms with E-state index in [1.165, 1.54) is 6.92 Å². The van der Waals surface area contributed by atoms with Crippen molar-refractivity contribution in [2.75, 3.05) is 0 Å². The molecule has 1 aliphatic rings. The van der Waals surface area contributed by atoms with Crippen LogP contribution in [0.1, 0.15) is 49.9 Å². The fourth-order valence-electron chi connectivity index (χ4n) is 2.69. The molecule has 1 fully saturated rings. The van der Waals surface area contributed by atoms with E-state index in [2.05, 4.69) is 0 Å². The quantitative estimate of drug-likeness (QED) is 0.870. The number of rotatable bonds is 3. The third-order valence-electron chi connectivity index (χ3n) is 3.77. The van der Waals surface area contributed by atoms with E-state index in [0.29, 0.717) is 18.4 Å². The molecule has 2 nitrogen and oxygen atoms in total. The molecular formula is C14H17FO2. The van der Waals surface area contributed by atoms with Crippen molar-refractivity contribution in [3.63, 3.8) is 0 Å². The van der Waals surface area contributed by atoms with E-state index in [-0.39, 0.29) is 0 Å². The Bertz CT molecular complexity index is 420. The Morgan fingerprint density at radius 2 is 2.06 bits per heavy atom. The highest BCUT2D eigenvalue weighted by Crippen LogP contribution is 2.42. The van der Waals surface area contributed by atoms with Crippen molar-refractivity contribution in [3.05, 3.63) is 35.4 Å². The molecule has 1 saturated carbocycles. The minimum atomic E-state index is -1.05. The Hall–Kier alpha value is -1.38. The number of hydrogen-bond acceptors (Lipinski definition) is 1. The van der Waals surface area contributed by atoms with Gasteiger partial charge in [-0.25, -0.2) is 4.39 Å². The zero-order chi connectivity index (χ0) is 12.5. The van der Waals surface area contributed by atoms with E-state index < -0.39 is 17.6 Å². The fourth-order valence-corrected chi connectivity index (χ4v) is 2.69. The Morgan fingerprint density at radius 3 is 2.59 bits per heavy atom. The van der Waals surface area contributed by atoms with Crippen LogP contribution in [0.3, 0.4) is 0 Å². The third kappa shape index (κ3) is 2.06. The van der Waals surface area contributed by atoms with E-state index in [0.717, 1.165) is 18.4 Å². The summed E-state index contributed by atoms with van der Waals surface area (Å²) in [6, 6.07) is 6.98. The number of carboxylic acid groups (broad SMARTS) is 1. The van der Waals surface area contributed by atoms with Crippen molar-refractivity contribution >= 4 is 5.97 Å². The van der Waals surface area contributed by atoms with E-state index in [1.54, 1.807) is 18.2 Å². The highest BCUT2D eigenvalue weighted by molar-refractivity contribution is 5.81. The van der Waals surface area contributed by atoms with Gasteiger partial charge in [0.1, 0.15) is 6.17 Å². The predicted octanol–water partition coefficient (Wildman–Crippen LogP) is 3.61. The van der Waals surface area contributed by atoms with E-state index in [4.69, 9.17) is 0 Å². The summed E-state index contributed by atoms with van der Waals surface area (Å²) >= 11 is 0. The fraction of sp³-hybridized carbons (Fsp3) is 0.500. The molecule has 1 aliphatic carbocycles. The van der Waals surface area contributed by atoms with Gasteiger partial charge in [0.15, 0.2) is 0 Å². The van der Waals surface area contributed by atoms with Gasteiger partial charge in [-0.2, -0.15) is 0 Å². The SMILES string of the molecule is CC(F)c1cccc(C2(C(=O)O)CCCC2)c1. The molecule has 1 unspecified atom stereocenters. The molecule has 1 N–H and O–H groups in total. The van der Waals surface area contributed by atoms with Gasteiger partial charge in [0.25, 0.3) is 0 Å². The van der Waals surface area contributed by atoms with Crippen molar-refractivity contribution in [2.45, 2.75) is 44.2 Å². The molecule has 0 saturated heterocycles. The summed E-state index contributed by atoms with van der Waals surface area (Å²) in [5.41, 5.74) is 0.532. The smallest absolute Gasteiger partial charge is 0.314 e. The summed E-state index contributed by atoms with van der Waals surface area (Å²) in [6.45, 7) is 1.47. The highest BCUT2D eigenvalue weighted by Gasteiger charge is 2.42. The third-order valence-corrected chi connectivity index (χ3v) is 3.77. The number of alkyl halides is 1. The minimum absolute atomic E-state index is 0.565. The summed E-state index contributed by atoms with van der Waals surface area (Å²) in [6.07, 6.45) is 2.13. The van der Waals surface area contributed by atoms with Crippen LogP contribution in [0.25, 0.3) is 0 Å². The van der Waals surface area contributed by atoms with Crippen LogP contribution in [-0.4, -0.2) is 11.1 Å². The molecule has 0 amide bonds. The van der Waals surface area contributed by atoms with Crippen molar-refractivity contribution in [2.24, 2.45) is 0 Å². The average molecular weight is 236 g/mol. The van der Waals surface area contributed by atoms with Gasteiger partial charge in [0.05, 0.1) is 5.41 Å². The molecular weight excluding hydrogens is 219 g/mol. The Balaban J connectivity index is 2.43. The van der Waals surface area contributed by atoms with Gasteiger partial charge in [-0.1, -0.05) is 37.1 Å². The molecule has 0 bridgehead atoms. The van der Waals surface area contributed by atoms with Gasteiger partial charge in [-0.05, 0) is 30.9 Å². The van der Waals surface area contributed by atoms with Crippen LogP contribution in [0.2, 0.25) is 0 Å². The summed E-state index contributed by atoms with van der Waals surface area (Å²) in [4.78, 5) is 11.5. The van der Waals surface area contributed by atoms with Crippen LogP contribution >= 0.6 is 0 Å². The molecule has 0 aliphatic heterocycles. The first-order valence-electron chi connectivity index (χ1n) is 6.04. The molecule has 1 aromatic rings. The largest absolute Gasteiger partial charge is 0.481 e. The molecule has 2 rings (SSSR count). The second-order valence-electron chi connectivity index (χ2n) is 4.84. The molecule has 0 heterocycles. The Kier molecular flexibility index (Phi) is 3.18. The number of benzene rings is 1. The monoisotopic (exact) mass is 236 g/mol. The van der Waals surface area contributed by atoms with Crippen molar-refractivity contribution in [3.8, 4) is 0 Å². The maximum absolute atomic E-state index is 13.3. The lowest BCUT2D eigenvalue weighted by atomic mass is 9.78. The molecule has 0 aromatic heterocycles. The number of carbonyl (C=O) groups is 1. The van der Waals surface area contributed by atoms with Crippen molar-refractivity contribution in [1.29, 1.82) is 0 Å². The maximum atomic E-state index is 13.3. The molecule has 1 atom stereocenters. The Labute approximate surface area is 100 Å². The molecule has 17 heavy (non-hydrogen) atoms. The number of aliphatic carboxylic acids is 1. The zero-order valence-electron chi connectivity index (χ0n) is 9.95. The number of halogens is 1.